The molecule has 0 amide bonds. The van der Waals surface area contributed by atoms with Gasteiger partial charge in [-0.2, -0.15) is 4.98 Å². The summed E-state index contributed by atoms with van der Waals surface area (Å²) in [6, 6.07) is 8.40. The van der Waals surface area contributed by atoms with Crippen molar-refractivity contribution in [1.29, 1.82) is 0 Å². The van der Waals surface area contributed by atoms with Gasteiger partial charge in [-0.1, -0.05) is 48.7 Å². The smallest absolute Gasteiger partial charge is 0.240 e. The highest BCUT2D eigenvalue weighted by molar-refractivity contribution is 5.60. The largest absolute Gasteiger partial charge is 0.338 e. The molecule has 0 atom stereocenters. The van der Waals surface area contributed by atoms with Crippen LogP contribution in [0.1, 0.15) is 49.5 Å². The average molecular weight is 257 g/mol. The standard InChI is InChI=1S/C15H19N3O/c16-10-14-17-15(18-19-14)13-9-5-4-8-12(13)11-6-2-1-3-7-11/h4-5,8-9,11H,1-3,6-7,10,16H2. The molecule has 1 aromatic carbocycles. The number of nitrogens with zero attached hydrogens (tertiary/aromatic N) is 2. The molecule has 0 unspecified atom stereocenters. The van der Waals surface area contributed by atoms with Crippen LogP contribution in [0, 0.1) is 0 Å². The second-order valence-electron chi connectivity index (χ2n) is 5.14. The van der Waals surface area contributed by atoms with E-state index in [-0.39, 0.29) is 0 Å². The van der Waals surface area contributed by atoms with Crippen LogP contribution in [0.5, 0.6) is 0 Å². The average Bonchev–Trinajstić information content (AvgIpc) is 2.97. The van der Waals surface area contributed by atoms with Gasteiger partial charge in [-0.3, -0.25) is 0 Å². The Labute approximate surface area is 113 Å². The molecule has 4 heteroatoms. The minimum absolute atomic E-state index is 0.290. The van der Waals surface area contributed by atoms with E-state index in [9.17, 15) is 0 Å². The molecule has 2 aromatic rings. The molecule has 19 heavy (non-hydrogen) atoms. The van der Waals surface area contributed by atoms with E-state index in [1.54, 1.807) is 0 Å². The molecule has 1 heterocycles. The van der Waals surface area contributed by atoms with Gasteiger partial charge in [-0.05, 0) is 24.3 Å². The lowest BCUT2D eigenvalue weighted by Crippen LogP contribution is -2.06. The van der Waals surface area contributed by atoms with Crippen molar-refractivity contribution >= 4 is 0 Å². The Bertz CT molecular complexity index is 544. The summed E-state index contributed by atoms with van der Waals surface area (Å²) in [6.45, 7) is 0.290. The molecule has 0 bridgehead atoms. The van der Waals surface area contributed by atoms with Gasteiger partial charge < -0.3 is 10.3 Å². The second kappa shape index (κ2) is 5.53. The van der Waals surface area contributed by atoms with Gasteiger partial charge in [0.1, 0.15) is 0 Å². The zero-order valence-electron chi connectivity index (χ0n) is 11.0. The molecule has 1 aliphatic carbocycles. The molecular weight excluding hydrogens is 238 g/mol. The highest BCUT2D eigenvalue weighted by Crippen LogP contribution is 2.37. The summed E-state index contributed by atoms with van der Waals surface area (Å²) in [5.74, 6) is 1.79. The first-order valence-corrected chi connectivity index (χ1v) is 7.00. The Balaban J connectivity index is 1.96. The first-order chi connectivity index (χ1) is 9.38. The van der Waals surface area contributed by atoms with E-state index in [1.807, 2.05) is 6.07 Å². The monoisotopic (exact) mass is 257 g/mol. The molecule has 0 spiro atoms. The van der Waals surface area contributed by atoms with Gasteiger partial charge in [-0.15, -0.1) is 0 Å². The van der Waals surface area contributed by atoms with Gasteiger partial charge >= 0.3 is 0 Å². The minimum atomic E-state index is 0.290. The van der Waals surface area contributed by atoms with Crippen LogP contribution in [-0.4, -0.2) is 10.1 Å². The molecule has 1 aromatic heterocycles. The summed E-state index contributed by atoms with van der Waals surface area (Å²) in [6.07, 6.45) is 6.52. The number of hydrogen-bond acceptors (Lipinski definition) is 4. The van der Waals surface area contributed by atoms with Crippen LogP contribution in [0.3, 0.4) is 0 Å². The minimum Gasteiger partial charge on any atom is -0.338 e. The van der Waals surface area contributed by atoms with Crippen LogP contribution in [0.25, 0.3) is 11.4 Å². The van der Waals surface area contributed by atoms with E-state index >= 15 is 0 Å². The van der Waals surface area contributed by atoms with Gasteiger partial charge in [0.05, 0.1) is 6.54 Å². The van der Waals surface area contributed by atoms with Crippen molar-refractivity contribution < 1.29 is 4.52 Å². The van der Waals surface area contributed by atoms with Crippen molar-refractivity contribution in [3.8, 4) is 11.4 Å². The van der Waals surface area contributed by atoms with Crippen LogP contribution in [-0.2, 0) is 6.54 Å². The third kappa shape index (κ3) is 2.54. The Kier molecular flexibility index (Phi) is 3.60. The highest BCUT2D eigenvalue weighted by atomic mass is 16.5. The first kappa shape index (κ1) is 12.4. The van der Waals surface area contributed by atoms with Crippen LogP contribution in [0.2, 0.25) is 0 Å². The lowest BCUT2D eigenvalue weighted by atomic mass is 9.82. The van der Waals surface area contributed by atoms with E-state index < -0.39 is 0 Å². The maximum Gasteiger partial charge on any atom is 0.240 e. The molecule has 0 saturated heterocycles. The molecule has 1 aliphatic rings. The van der Waals surface area contributed by atoms with E-state index in [2.05, 4.69) is 28.3 Å². The van der Waals surface area contributed by atoms with E-state index in [0.717, 1.165) is 5.56 Å². The number of aromatic nitrogens is 2. The number of benzene rings is 1. The lowest BCUT2D eigenvalue weighted by Gasteiger charge is -2.23. The normalized spacial score (nSPS) is 16.7. The van der Waals surface area contributed by atoms with Crippen molar-refractivity contribution in [2.45, 2.75) is 44.6 Å². The SMILES string of the molecule is NCc1nc(-c2ccccc2C2CCCCC2)no1. The predicted molar refractivity (Wildman–Crippen MR) is 73.5 cm³/mol. The van der Waals surface area contributed by atoms with Gasteiger partial charge in [0, 0.05) is 5.56 Å². The van der Waals surface area contributed by atoms with Crippen LogP contribution in [0.4, 0.5) is 0 Å². The zero-order chi connectivity index (χ0) is 13.1. The van der Waals surface area contributed by atoms with Crippen LogP contribution >= 0.6 is 0 Å². The second-order valence-corrected chi connectivity index (χ2v) is 5.14. The van der Waals surface area contributed by atoms with Crippen molar-refractivity contribution in [1.82, 2.24) is 10.1 Å². The molecule has 1 saturated carbocycles. The Morgan fingerprint density at radius 3 is 2.68 bits per heavy atom. The molecule has 1 fully saturated rings. The molecule has 100 valence electrons. The van der Waals surface area contributed by atoms with E-state index in [4.69, 9.17) is 10.3 Å². The maximum atomic E-state index is 5.53. The number of rotatable bonds is 3. The summed E-state index contributed by atoms with van der Waals surface area (Å²) in [5, 5.41) is 4.05. The van der Waals surface area contributed by atoms with Gasteiger partial charge in [0.25, 0.3) is 0 Å². The van der Waals surface area contributed by atoms with Crippen LogP contribution in [0.15, 0.2) is 28.8 Å². The summed E-state index contributed by atoms with van der Waals surface area (Å²) < 4.78 is 5.12. The van der Waals surface area contributed by atoms with Crippen molar-refractivity contribution in [2.75, 3.05) is 0 Å². The van der Waals surface area contributed by atoms with Crippen molar-refractivity contribution in [2.24, 2.45) is 5.73 Å². The fourth-order valence-corrected chi connectivity index (χ4v) is 2.92. The quantitative estimate of drug-likeness (QED) is 0.916. The Hall–Kier alpha value is -1.68. The summed E-state index contributed by atoms with van der Waals surface area (Å²) in [5.41, 5.74) is 7.97. The summed E-state index contributed by atoms with van der Waals surface area (Å²) in [4.78, 5) is 4.35. The fraction of sp³-hybridized carbons (Fsp3) is 0.467. The van der Waals surface area contributed by atoms with Crippen molar-refractivity contribution in [3.05, 3.63) is 35.7 Å². The van der Waals surface area contributed by atoms with Gasteiger partial charge in [-0.25, -0.2) is 0 Å². The van der Waals surface area contributed by atoms with Crippen molar-refractivity contribution in [3.63, 3.8) is 0 Å². The van der Waals surface area contributed by atoms with E-state index in [1.165, 1.54) is 37.7 Å². The molecule has 4 nitrogen and oxygen atoms in total. The topological polar surface area (TPSA) is 64.9 Å². The third-order valence-electron chi connectivity index (χ3n) is 3.89. The zero-order valence-corrected chi connectivity index (χ0v) is 11.0. The van der Waals surface area contributed by atoms with Crippen LogP contribution < -0.4 is 5.73 Å². The summed E-state index contributed by atoms with van der Waals surface area (Å²) in [7, 11) is 0. The third-order valence-corrected chi connectivity index (χ3v) is 3.89. The molecule has 0 radical (unpaired) electrons. The van der Waals surface area contributed by atoms with Gasteiger partial charge in [0.15, 0.2) is 0 Å². The number of nitrogens with two attached hydrogens (primary N) is 1. The predicted octanol–water partition coefficient (Wildman–Crippen LogP) is 3.24. The number of hydrogen-bond donors (Lipinski definition) is 1. The van der Waals surface area contributed by atoms with Gasteiger partial charge in [0.2, 0.25) is 11.7 Å². The Morgan fingerprint density at radius 2 is 1.95 bits per heavy atom. The molecule has 3 rings (SSSR count). The molecule has 0 aliphatic heterocycles. The highest BCUT2D eigenvalue weighted by Gasteiger charge is 2.20. The molecule has 2 N–H and O–H groups in total. The summed E-state index contributed by atoms with van der Waals surface area (Å²) >= 11 is 0. The fourth-order valence-electron chi connectivity index (χ4n) is 2.92. The van der Waals surface area contributed by atoms with E-state index in [0.29, 0.717) is 24.2 Å². The maximum absolute atomic E-state index is 5.53. The first-order valence-electron chi connectivity index (χ1n) is 7.00. The lowest BCUT2D eigenvalue weighted by molar-refractivity contribution is 0.380. The molecular formula is C15H19N3O. The Morgan fingerprint density at radius 1 is 1.16 bits per heavy atom.